The van der Waals surface area contributed by atoms with Crippen molar-refractivity contribution in [2.45, 2.75) is 45.6 Å². The molecule has 0 fully saturated rings. The first-order chi connectivity index (χ1) is 6.42. The van der Waals surface area contributed by atoms with E-state index in [1.807, 2.05) is 0 Å². The van der Waals surface area contributed by atoms with Gasteiger partial charge in [0, 0.05) is 5.92 Å². The highest BCUT2D eigenvalue weighted by Gasteiger charge is 2.32. The lowest BCUT2D eigenvalue weighted by Gasteiger charge is -2.35. The average molecular weight is 230 g/mol. The van der Waals surface area contributed by atoms with Gasteiger partial charge in [-0.05, 0) is 52.3 Å². The zero-order valence-corrected chi connectivity index (χ0v) is 10.8. The summed E-state index contributed by atoms with van der Waals surface area (Å²) in [6.45, 7) is 6.37. The third-order valence-electron chi connectivity index (χ3n) is 2.97. The van der Waals surface area contributed by atoms with E-state index < -0.39 is 0 Å². The van der Waals surface area contributed by atoms with Gasteiger partial charge in [-0.2, -0.15) is 0 Å². The second-order valence-corrected chi connectivity index (χ2v) is 5.57. The number of allylic oxidation sites excluding steroid dienone is 2. The second kappa shape index (κ2) is 4.67. The van der Waals surface area contributed by atoms with E-state index in [9.17, 15) is 0 Å². The van der Waals surface area contributed by atoms with Crippen molar-refractivity contribution in [3.05, 3.63) is 11.6 Å². The van der Waals surface area contributed by atoms with Gasteiger partial charge in [0.1, 0.15) is 5.60 Å². The largest absolute Gasteiger partial charge is 0.472 e. The SMILES string of the molecule is CC1=CCC(C(C)(C)OC(=S)S)CC1. The standard InChI is InChI=1S/C11H18OS2/c1-8-4-6-9(7-5-8)11(2,3)12-10(13)14/h4,9H,5-7H2,1-3H3,(H,13,14). The van der Waals surface area contributed by atoms with E-state index in [2.05, 4.69) is 39.5 Å². The Hall–Kier alpha value is -0.0200. The molecule has 0 aromatic carbocycles. The Balaban J connectivity index is 2.60. The van der Waals surface area contributed by atoms with Crippen molar-refractivity contribution in [1.82, 2.24) is 0 Å². The van der Waals surface area contributed by atoms with Crippen LogP contribution in [0.5, 0.6) is 0 Å². The van der Waals surface area contributed by atoms with Crippen LogP contribution in [0.2, 0.25) is 0 Å². The van der Waals surface area contributed by atoms with Gasteiger partial charge < -0.3 is 4.74 Å². The smallest absolute Gasteiger partial charge is 0.217 e. The van der Waals surface area contributed by atoms with Crippen molar-refractivity contribution in [2.24, 2.45) is 5.92 Å². The van der Waals surface area contributed by atoms with E-state index in [0.717, 1.165) is 6.42 Å². The topological polar surface area (TPSA) is 9.23 Å². The molecule has 1 nitrogen and oxygen atoms in total. The summed E-state index contributed by atoms with van der Waals surface area (Å²) < 4.78 is 5.93. The molecule has 0 bridgehead atoms. The van der Waals surface area contributed by atoms with Crippen LogP contribution in [0.4, 0.5) is 0 Å². The van der Waals surface area contributed by atoms with Crippen molar-refractivity contribution in [3.8, 4) is 0 Å². The predicted molar refractivity (Wildman–Crippen MR) is 67.8 cm³/mol. The molecule has 0 amide bonds. The Morgan fingerprint density at radius 2 is 2.29 bits per heavy atom. The second-order valence-electron chi connectivity index (χ2n) is 4.49. The number of ether oxygens (including phenoxy) is 1. The zero-order valence-electron chi connectivity index (χ0n) is 9.04. The normalized spacial score (nSPS) is 22.9. The molecule has 0 saturated carbocycles. The summed E-state index contributed by atoms with van der Waals surface area (Å²) in [5, 5.41) is 0. The summed E-state index contributed by atoms with van der Waals surface area (Å²) in [5.41, 5.74) is 1.31. The van der Waals surface area contributed by atoms with Crippen LogP contribution < -0.4 is 0 Å². The number of hydrogen-bond acceptors (Lipinski definition) is 2. The average Bonchev–Trinajstić information content (AvgIpc) is 2.02. The maximum atomic E-state index is 5.58. The summed E-state index contributed by atoms with van der Waals surface area (Å²) >= 11 is 8.89. The van der Waals surface area contributed by atoms with Gasteiger partial charge in [-0.25, -0.2) is 0 Å². The fourth-order valence-electron chi connectivity index (χ4n) is 1.91. The first-order valence-corrected chi connectivity index (χ1v) is 5.85. The van der Waals surface area contributed by atoms with Crippen LogP contribution in [0.1, 0.15) is 40.0 Å². The summed E-state index contributed by atoms with van der Waals surface area (Å²) in [5.74, 6) is 0.552. The van der Waals surface area contributed by atoms with Crippen LogP contribution in [0, 0.1) is 5.92 Å². The quantitative estimate of drug-likeness (QED) is 0.439. The molecule has 0 aromatic heterocycles. The van der Waals surface area contributed by atoms with E-state index in [0.29, 0.717) is 10.3 Å². The number of rotatable bonds is 2. The van der Waals surface area contributed by atoms with Gasteiger partial charge in [-0.1, -0.05) is 24.3 Å². The molecule has 3 heteroatoms. The van der Waals surface area contributed by atoms with Crippen LogP contribution in [-0.2, 0) is 4.74 Å². The molecular weight excluding hydrogens is 212 g/mol. The number of thiol groups is 1. The summed E-state index contributed by atoms with van der Waals surface area (Å²) in [6, 6.07) is 0. The molecule has 1 atom stereocenters. The van der Waals surface area contributed by atoms with E-state index in [1.54, 1.807) is 0 Å². The molecule has 1 unspecified atom stereocenters. The molecule has 0 saturated heterocycles. The van der Waals surface area contributed by atoms with Crippen LogP contribution in [0.15, 0.2) is 11.6 Å². The minimum atomic E-state index is -0.184. The molecule has 0 N–H and O–H groups in total. The van der Waals surface area contributed by atoms with Crippen LogP contribution >= 0.6 is 24.8 Å². The third kappa shape index (κ3) is 3.28. The molecule has 0 aromatic rings. The van der Waals surface area contributed by atoms with Gasteiger partial charge in [-0.3, -0.25) is 0 Å². The lowest BCUT2D eigenvalue weighted by Crippen LogP contribution is -2.36. The lowest BCUT2D eigenvalue weighted by molar-refractivity contribution is 0.0340. The minimum Gasteiger partial charge on any atom is -0.472 e. The van der Waals surface area contributed by atoms with Gasteiger partial charge in [0.05, 0.1) is 0 Å². The molecule has 14 heavy (non-hydrogen) atoms. The molecule has 0 aliphatic heterocycles. The van der Waals surface area contributed by atoms with Crippen molar-refractivity contribution in [2.75, 3.05) is 0 Å². The first kappa shape index (κ1) is 12.1. The van der Waals surface area contributed by atoms with Crippen molar-refractivity contribution < 1.29 is 4.74 Å². The van der Waals surface area contributed by atoms with Gasteiger partial charge in [0.15, 0.2) is 0 Å². The van der Waals surface area contributed by atoms with Gasteiger partial charge in [0.25, 0.3) is 0 Å². The fourth-order valence-corrected chi connectivity index (χ4v) is 2.36. The molecule has 0 heterocycles. The van der Waals surface area contributed by atoms with Crippen molar-refractivity contribution in [3.63, 3.8) is 0 Å². The maximum Gasteiger partial charge on any atom is 0.217 e. The lowest BCUT2D eigenvalue weighted by atomic mass is 9.80. The predicted octanol–water partition coefficient (Wildman–Crippen LogP) is 3.74. The molecule has 80 valence electrons. The van der Waals surface area contributed by atoms with Crippen molar-refractivity contribution in [1.29, 1.82) is 0 Å². The Morgan fingerprint density at radius 3 is 2.71 bits per heavy atom. The maximum absolute atomic E-state index is 5.58. The Bertz CT molecular complexity index is 256. The molecule has 0 spiro atoms. The molecular formula is C11H18OS2. The summed E-state index contributed by atoms with van der Waals surface area (Å²) in [7, 11) is 0. The van der Waals surface area contributed by atoms with E-state index in [-0.39, 0.29) is 5.60 Å². The molecule has 1 aliphatic rings. The highest BCUT2D eigenvalue weighted by atomic mass is 32.1. The zero-order chi connectivity index (χ0) is 10.8. The summed E-state index contributed by atoms with van der Waals surface area (Å²) in [6.07, 6.45) is 5.76. The minimum absolute atomic E-state index is 0.184. The van der Waals surface area contributed by atoms with Crippen LogP contribution in [0.3, 0.4) is 0 Å². The molecule has 0 radical (unpaired) electrons. The monoisotopic (exact) mass is 230 g/mol. The number of hydrogen-bond donors (Lipinski definition) is 1. The number of thiocarbonyl (C=S) groups is 1. The molecule has 1 aliphatic carbocycles. The Labute approximate surface area is 97.3 Å². The van der Waals surface area contributed by atoms with Crippen LogP contribution in [-0.4, -0.2) is 9.98 Å². The van der Waals surface area contributed by atoms with E-state index >= 15 is 0 Å². The fraction of sp³-hybridized carbons (Fsp3) is 0.727. The molecule has 1 rings (SSSR count). The van der Waals surface area contributed by atoms with Crippen molar-refractivity contribution >= 4 is 29.2 Å². The Kier molecular flexibility index (Phi) is 4.02. The van der Waals surface area contributed by atoms with Gasteiger partial charge in [-0.15, -0.1) is 0 Å². The highest BCUT2D eigenvalue weighted by Crippen LogP contribution is 2.34. The first-order valence-electron chi connectivity index (χ1n) is 4.99. The Morgan fingerprint density at radius 1 is 1.64 bits per heavy atom. The third-order valence-corrected chi connectivity index (χ3v) is 3.15. The van der Waals surface area contributed by atoms with E-state index in [4.69, 9.17) is 17.0 Å². The summed E-state index contributed by atoms with van der Waals surface area (Å²) in [4.78, 5) is 0. The van der Waals surface area contributed by atoms with Crippen LogP contribution in [0.25, 0.3) is 0 Å². The van der Waals surface area contributed by atoms with Gasteiger partial charge in [0.2, 0.25) is 4.38 Å². The van der Waals surface area contributed by atoms with E-state index in [1.165, 1.54) is 18.4 Å². The highest BCUT2D eigenvalue weighted by molar-refractivity contribution is 8.10. The van der Waals surface area contributed by atoms with Gasteiger partial charge >= 0.3 is 0 Å².